The number of aromatic nitrogens is 5. The van der Waals surface area contributed by atoms with Gasteiger partial charge < -0.3 is 0 Å². The maximum atomic E-state index is 5.23. The van der Waals surface area contributed by atoms with Crippen molar-refractivity contribution in [3.8, 4) is 22.8 Å². The van der Waals surface area contributed by atoms with Gasteiger partial charge in [-0.1, -0.05) is 6.07 Å². The van der Waals surface area contributed by atoms with Gasteiger partial charge in [-0.15, -0.1) is 0 Å². The van der Waals surface area contributed by atoms with Crippen molar-refractivity contribution in [3.63, 3.8) is 0 Å². The molecule has 0 spiro atoms. The minimum atomic E-state index is -0.0860. The summed E-state index contributed by atoms with van der Waals surface area (Å²) >= 11 is 0. The first kappa shape index (κ1) is 21.4. The van der Waals surface area contributed by atoms with Crippen LogP contribution in [0.4, 0.5) is 0 Å². The summed E-state index contributed by atoms with van der Waals surface area (Å²) in [4.78, 5) is 5.23. The number of aryl methyl sites for hydroxylation is 1. The molecule has 0 fully saturated rings. The minimum absolute atomic E-state index is 0.0266. The Morgan fingerprint density at radius 1 is 0.688 bits per heavy atom. The molecule has 3 heterocycles. The smallest absolute Gasteiger partial charge is 0.114 e. The van der Waals surface area contributed by atoms with Gasteiger partial charge in [0.1, 0.15) is 5.69 Å². The van der Waals surface area contributed by atoms with E-state index in [1.807, 2.05) is 0 Å². The molecular weight excluding hydrogens is 394 g/mol. The quantitative estimate of drug-likeness (QED) is 0.494. The Morgan fingerprint density at radius 2 is 1.31 bits per heavy atom. The molecule has 0 radical (unpaired) electrons. The van der Waals surface area contributed by atoms with E-state index in [1.165, 1.54) is 53.9 Å². The predicted octanol–water partition coefficient (Wildman–Crippen LogP) is 6.08. The molecule has 0 unspecified atom stereocenters. The van der Waals surface area contributed by atoms with E-state index in [9.17, 15) is 0 Å². The molecule has 0 amide bonds. The highest BCUT2D eigenvalue weighted by Gasteiger charge is 2.30. The minimum Gasteiger partial charge on any atom is -0.263 e. The van der Waals surface area contributed by atoms with Gasteiger partial charge in [0.25, 0.3) is 0 Å². The lowest BCUT2D eigenvalue weighted by Crippen LogP contribution is -2.26. The zero-order valence-electron chi connectivity index (χ0n) is 20.6. The Kier molecular flexibility index (Phi) is 5.06. The van der Waals surface area contributed by atoms with Gasteiger partial charge >= 0.3 is 0 Å². The van der Waals surface area contributed by atoms with E-state index in [1.54, 1.807) is 0 Å². The van der Waals surface area contributed by atoms with E-state index in [2.05, 4.69) is 69.1 Å². The van der Waals surface area contributed by atoms with Crippen molar-refractivity contribution in [2.75, 3.05) is 0 Å². The molecule has 5 heteroatoms. The van der Waals surface area contributed by atoms with Crippen LogP contribution >= 0.6 is 0 Å². The first-order chi connectivity index (χ1) is 15.1. The van der Waals surface area contributed by atoms with Crippen LogP contribution < -0.4 is 0 Å². The second-order valence-corrected chi connectivity index (χ2v) is 11.5. The second-order valence-electron chi connectivity index (χ2n) is 11.5. The average molecular weight is 432 g/mol. The van der Waals surface area contributed by atoms with E-state index in [-0.39, 0.29) is 11.1 Å². The molecule has 0 aromatic carbocycles. The van der Waals surface area contributed by atoms with E-state index >= 15 is 0 Å². The van der Waals surface area contributed by atoms with Crippen molar-refractivity contribution in [1.29, 1.82) is 0 Å². The fourth-order valence-corrected chi connectivity index (χ4v) is 5.36. The van der Waals surface area contributed by atoms with Crippen molar-refractivity contribution in [3.05, 3.63) is 40.7 Å². The molecular formula is C27H37N5. The maximum Gasteiger partial charge on any atom is 0.114 e. The fraction of sp³-hybridized carbons (Fsp3) is 0.593. The first-order valence-corrected chi connectivity index (χ1v) is 12.3. The number of fused-ring (bicyclic) bond motifs is 2. The molecule has 3 aromatic heterocycles. The van der Waals surface area contributed by atoms with E-state index in [4.69, 9.17) is 15.2 Å². The summed E-state index contributed by atoms with van der Waals surface area (Å²) in [6.45, 7) is 13.4. The highest BCUT2D eigenvalue weighted by atomic mass is 15.3. The second kappa shape index (κ2) is 7.57. The van der Waals surface area contributed by atoms with Crippen LogP contribution in [0.2, 0.25) is 0 Å². The van der Waals surface area contributed by atoms with Crippen LogP contribution in [0, 0.1) is 0 Å². The summed E-state index contributed by atoms with van der Waals surface area (Å²) in [6, 6.07) is 6.45. The standard InChI is InChI=1S/C27H37N5/c1-26(2,3)31-23-17-10-8-13-19(23)24(30-31)21-15-11-16-22(28-21)25-18-12-7-9-14-20(18)29-32(25)27(4,5)6/h11,15-16H,7-10,12-14,17H2,1-6H3. The average Bonchev–Trinajstić information content (AvgIpc) is 3.33. The number of rotatable bonds is 2. The Bertz CT molecular complexity index is 1150. The summed E-state index contributed by atoms with van der Waals surface area (Å²) in [7, 11) is 0. The van der Waals surface area contributed by atoms with Crippen molar-refractivity contribution in [2.45, 2.75) is 104 Å². The normalized spacial score (nSPS) is 16.7. The third kappa shape index (κ3) is 3.60. The monoisotopic (exact) mass is 431 g/mol. The van der Waals surface area contributed by atoms with Crippen LogP contribution in [0.1, 0.15) is 89.7 Å². The van der Waals surface area contributed by atoms with Crippen molar-refractivity contribution in [2.24, 2.45) is 0 Å². The number of pyridine rings is 1. The zero-order chi connectivity index (χ0) is 22.7. The number of hydrogen-bond donors (Lipinski definition) is 0. The molecule has 0 saturated carbocycles. The fourth-order valence-electron chi connectivity index (χ4n) is 5.36. The molecule has 0 atom stereocenters. The third-order valence-electron chi connectivity index (χ3n) is 6.84. The van der Waals surface area contributed by atoms with Gasteiger partial charge in [0, 0.05) is 16.8 Å². The SMILES string of the molecule is CC(C)(C)n1nc(-c2cccc(-c3c4c(nn3C(C)(C)C)CCCC4)n2)c2c1CCCC2. The van der Waals surface area contributed by atoms with Crippen LogP contribution in [0.25, 0.3) is 22.8 Å². The topological polar surface area (TPSA) is 48.5 Å². The van der Waals surface area contributed by atoms with Crippen molar-refractivity contribution >= 4 is 0 Å². The van der Waals surface area contributed by atoms with Crippen LogP contribution in [0.5, 0.6) is 0 Å². The van der Waals surface area contributed by atoms with Gasteiger partial charge in [0.2, 0.25) is 0 Å². The molecule has 3 aromatic rings. The predicted molar refractivity (Wildman–Crippen MR) is 130 cm³/mol. The van der Waals surface area contributed by atoms with Crippen molar-refractivity contribution < 1.29 is 0 Å². The summed E-state index contributed by atoms with van der Waals surface area (Å²) in [5.41, 5.74) is 9.67. The molecule has 2 aliphatic rings. The molecule has 0 saturated heterocycles. The lowest BCUT2D eigenvalue weighted by atomic mass is 9.93. The van der Waals surface area contributed by atoms with Crippen LogP contribution in [-0.4, -0.2) is 24.5 Å². The first-order valence-electron chi connectivity index (χ1n) is 12.3. The largest absolute Gasteiger partial charge is 0.263 e. The molecule has 5 nitrogen and oxygen atoms in total. The highest BCUT2D eigenvalue weighted by molar-refractivity contribution is 5.68. The number of hydrogen-bond acceptors (Lipinski definition) is 3. The van der Waals surface area contributed by atoms with Gasteiger partial charge in [-0.3, -0.25) is 9.36 Å². The number of nitrogens with zero attached hydrogens (tertiary/aromatic N) is 5. The lowest BCUT2D eigenvalue weighted by molar-refractivity contribution is 0.340. The molecule has 32 heavy (non-hydrogen) atoms. The molecule has 0 bridgehead atoms. The van der Waals surface area contributed by atoms with Gasteiger partial charge in [0.15, 0.2) is 0 Å². The molecule has 2 aliphatic carbocycles. The van der Waals surface area contributed by atoms with E-state index in [0.717, 1.165) is 42.8 Å². The van der Waals surface area contributed by atoms with Gasteiger partial charge in [-0.2, -0.15) is 10.2 Å². The van der Waals surface area contributed by atoms with Crippen LogP contribution in [0.15, 0.2) is 18.2 Å². The van der Waals surface area contributed by atoms with Gasteiger partial charge in [0.05, 0.1) is 33.9 Å². The Labute approximate surface area is 192 Å². The van der Waals surface area contributed by atoms with Crippen molar-refractivity contribution in [1.82, 2.24) is 24.5 Å². The summed E-state index contributed by atoms with van der Waals surface area (Å²) in [5, 5.41) is 10.2. The molecule has 170 valence electrons. The highest BCUT2D eigenvalue weighted by Crippen LogP contribution is 2.37. The summed E-state index contributed by atoms with van der Waals surface area (Å²) in [5.74, 6) is 0. The lowest BCUT2D eigenvalue weighted by Gasteiger charge is -2.24. The molecule has 0 aliphatic heterocycles. The Morgan fingerprint density at radius 3 is 2.03 bits per heavy atom. The molecule has 0 N–H and O–H groups in total. The van der Waals surface area contributed by atoms with Gasteiger partial charge in [-0.25, -0.2) is 4.98 Å². The summed E-state index contributed by atoms with van der Waals surface area (Å²) in [6.07, 6.45) is 9.34. The van der Waals surface area contributed by atoms with Crippen LogP contribution in [-0.2, 0) is 36.8 Å². The van der Waals surface area contributed by atoms with Gasteiger partial charge in [-0.05, 0) is 105 Å². The third-order valence-corrected chi connectivity index (χ3v) is 6.84. The van der Waals surface area contributed by atoms with E-state index < -0.39 is 0 Å². The molecule has 5 rings (SSSR count). The zero-order valence-corrected chi connectivity index (χ0v) is 20.6. The summed E-state index contributed by atoms with van der Waals surface area (Å²) < 4.78 is 4.48. The Balaban J connectivity index is 1.67. The Hall–Kier alpha value is -2.43. The van der Waals surface area contributed by atoms with E-state index in [0.29, 0.717) is 0 Å². The maximum absolute atomic E-state index is 5.23. The van der Waals surface area contributed by atoms with Crippen LogP contribution in [0.3, 0.4) is 0 Å².